The van der Waals surface area contributed by atoms with E-state index in [1.54, 1.807) is 36.1 Å². The summed E-state index contributed by atoms with van der Waals surface area (Å²) in [7, 11) is 0. The number of halogens is 1. The molecule has 0 radical (unpaired) electrons. The molecule has 1 aromatic rings. The van der Waals surface area contributed by atoms with Gasteiger partial charge in [-0.25, -0.2) is 0 Å². The topological polar surface area (TPSA) is 96.4 Å². The molecule has 0 bridgehead atoms. The number of hydrogen-bond acceptors (Lipinski definition) is 6. The predicted molar refractivity (Wildman–Crippen MR) is 129 cm³/mol. The van der Waals surface area contributed by atoms with E-state index in [1.165, 1.54) is 4.90 Å². The van der Waals surface area contributed by atoms with E-state index >= 15 is 0 Å². The average molecular weight is 501 g/mol. The van der Waals surface area contributed by atoms with Crippen molar-refractivity contribution in [2.45, 2.75) is 43.9 Å². The molecule has 5 atom stereocenters. The van der Waals surface area contributed by atoms with E-state index < -0.39 is 35.0 Å². The fraction of sp³-hybridized carbons (Fsp3) is 0.500. The number of aryl methyl sites for hydroxylation is 1. The van der Waals surface area contributed by atoms with Gasteiger partial charge in [0.25, 0.3) is 5.91 Å². The minimum absolute atomic E-state index is 0.0195. The van der Waals surface area contributed by atoms with Crippen LogP contribution in [0.3, 0.4) is 0 Å². The van der Waals surface area contributed by atoms with E-state index in [4.69, 9.17) is 21.1 Å². The molecular weight excluding hydrogens is 472 g/mol. The van der Waals surface area contributed by atoms with E-state index in [-0.39, 0.29) is 38.1 Å². The van der Waals surface area contributed by atoms with E-state index in [0.29, 0.717) is 23.6 Å². The van der Waals surface area contributed by atoms with Crippen LogP contribution in [0.15, 0.2) is 42.5 Å². The van der Waals surface area contributed by atoms with Crippen LogP contribution in [0.4, 0.5) is 5.69 Å². The van der Waals surface area contributed by atoms with Gasteiger partial charge in [-0.2, -0.15) is 0 Å². The molecule has 4 aliphatic heterocycles. The first-order valence-electron chi connectivity index (χ1n) is 12.0. The van der Waals surface area contributed by atoms with Crippen molar-refractivity contribution in [3.8, 4) is 0 Å². The normalized spacial score (nSPS) is 33.8. The molecule has 2 fully saturated rings. The summed E-state index contributed by atoms with van der Waals surface area (Å²) in [5, 5.41) is 9.74. The van der Waals surface area contributed by atoms with Gasteiger partial charge in [0.2, 0.25) is 5.91 Å². The minimum atomic E-state index is -1.34. The van der Waals surface area contributed by atoms with Crippen LogP contribution >= 0.6 is 11.6 Å². The molecule has 186 valence electrons. The van der Waals surface area contributed by atoms with Crippen LogP contribution in [0.5, 0.6) is 0 Å². The van der Waals surface area contributed by atoms with Gasteiger partial charge in [0, 0.05) is 19.7 Å². The fourth-order valence-corrected chi connectivity index (χ4v) is 6.48. The van der Waals surface area contributed by atoms with Crippen molar-refractivity contribution in [3.05, 3.63) is 53.1 Å². The Morgan fingerprint density at radius 3 is 2.66 bits per heavy atom. The van der Waals surface area contributed by atoms with Gasteiger partial charge in [-0.15, -0.1) is 0 Å². The number of anilines is 1. The Labute approximate surface area is 209 Å². The highest BCUT2D eigenvalue weighted by Gasteiger charge is 2.74. The number of amides is 2. The van der Waals surface area contributed by atoms with Gasteiger partial charge in [-0.3, -0.25) is 14.4 Å². The molecule has 1 aromatic carbocycles. The van der Waals surface area contributed by atoms with Crippen molar-refractivity contribution in [2.24, 2.45) is 11.8 Å². The molecule has 2 saturated heterocycles. The third-order valence-electron chi connectivity index (χ3n) is 7.58. The molecule has 4 aliphatic rings. The zero-order valence-electron chi connectivity index (χ0n) is 19.8. The Morgan fingerprint density at radius 2 is 1.91 bits per heavy atom. The Balaban J connectivity index is 1.65. The van der Waals surface area contributed by atoms with Gasteiger partial charge in [0.15, 0.2) is 0 Å². The van der Waals surface area contributed by atoms with Gasteiger partial charge in [0.05, 0.1) is 22.2 Å². The van der Waals surface area contributed by atoms with Crippen molar-refractivity contribution in [2.75, 3.05) is 31.2 Å². The Morgan fingerprint density at radius 1 is 1.11 bits per heavy atom. The molecular formula is C26H29ClN2O6. The number of benzene rings is 1. The highest BCUT2D eigenvalue weighted by atomic mass is 35.5. The van der Waals surface area contributed by atoms with Crippen molar-refractivity contribution in [1.29, 1.82) is 0 Å². The van der Waals surface area contributed by atoms with Crippen molar-refractivity contribution >= 4 is 35.1 Å². The molecule has 1 spiro atoms. The van der Waals surface area contributed by atoms with E-state index in [1.807, 2.05) is 25.1 Å². The standard InChI is InChI=1S/C26H29ClN2O6/c1-16-8-5-9-17(27)20(16)28-13-6-11-26-18(19-24(33)34-15-7-10-25(19,2)35-26)22(31)29(12-3-4-14-30)21(26)23(28)32/h5-11,18-19,21,30H,3-4,12-15H2,1-2H3/t18-,19+,21?,25-,26-/m0/s1. The first-order valence-corrected chi connectivity index (χ1v) is 12.3. The maximum Gasteiger partial charge on any atom is 0.313 e. The number of aliphatic hydroxyl groups is 1. The second kappa shape index (κ2) is 8.76. The number of cyclic esters (lactones) is 1. The second-order valence-electron chi connectivity index (χ2n) is 9.75. The summed E-state index contributed by atoms with van der Waals surface area (Å²) in [6, 6.07) is 4.45. The van der Waals surface area contributed by atoms with Crippen LogP contribution in [0.2, 0.25) is 5.02 Å². The first kappa shape index (κ1) is 24.0. The van der Waals surface area contributed by atoms with Crippen molar-refractivity contribution in [3.63, 3.8) is 0 Å². The maximum atomic E-state index is 14.3. The minimum Gasteiger partial charge on any atom is -0.461 e. The van der Waals surface area contributed by atoms with Crippen LogP contribution in [-0.2, 0) is 23.9 Å². The highest BCUT2D eigenvalue weighted by molar-refractivity contribution is 6.34. The molecule has 2 amide bonds. The van der Waals surface area contributed by atoms with Crippen molar-refractivity contribution in [1.82, 2.24) is 4.90 Å². The second-order valence-corrected chi connectivity index (χ2v) is 10.2. The molecule has 1 unspecified atom stereocenters. The number of fused-ring (bicyclic) bond motifs is 2. The zero-order chi connectivity index (χ0) is 25.0. The van der Waals surface area contributed by atoms with E-state index in [2.05, 4.69) is 0 Å². The van der Waals surface area contributed by atoms with E-state index in [0.717, 1.165) is 5.56 Å². The van der Waals surface area contributed by atoms with E-state index in [9.17, 15) is 19.5 Å². The lowest BCUT2D eigenvalue weighted by Crippen LogP contribution is -2.56. The van der Waals surface area contributed by atoms with Crippen molar-refractivity contribution < 1.29 is 29.0 Å². The SMILES string of the molecule is Cc1cccc(Cl)c1N1CC=C[C@]23O[C@@]4(C)C=CCOC(=O)[C@H]4[C@H]2C(=O)N(CCCCO)C3C1=O. The number of carbonyl (C=O) groups is 3. The first-order chi connectivity index (χ1) is 16.7. The average Bonchev–Trinajstić information content (AvgIpc) is 3.06. The van der Waals surface area contributed by atoms with Crippen LogP contribution < -0.4 is 4.90 Å². The molecule has 5 rings (SSSR count). The highest BCUT2D eigenvalue weighted by Crippen LogP contribution is 2.57. The number of likely N-dealkylation sites (tertiary alicyclic amines) is 1. The number of aliphatic hydroxyl groups excluding tert-OH is 1. The molecule has 1 N–H and O–H groups in total. The Hall–Kier alpha value is -2.68. The fourth-order valence-electron chi connectivity index (χ4n) is 6.15. The van der Waals surface area contributed by atoms with Gasteiger partial charge < -0.3 is 24.4 Å². The number of hydrogen-bond donors (Lipinski definition) is 1. The molecule has 9 heteroatoms. The Kier molecular flexibility index (Phi) is 6.02. The molecule has 8 nitrogen and oxygen atoms in total. The molecule has 0 aliphatic carbocycles. The number of esters is 1. The van der Waals surface area contributed by atoms with Crippen LogP contribution in [-0.4, -0.2) is 71.3 Å². The number of carbonyl (C=O) groups excluding carboxylic acids is 3. The molecule has 0 aromatic heterocycles. The monoisotopic (exact) mass is 500 g/mol. The number of ether oxygens (including phenoxy) is 2. The smallest absolute Gasteiger partial charge is 0.313 e. The summed E-state index contributed by atoms with van der Waals surface area (Å²) in [4.78, 5) is 44.4. The number of unbranched alkanes of at least 4 members (excludes halogenated alkanes) is 1. The van der Waals surface area contributed by atoms with Gasteiger partial charge in [-0.1, -0.05) is 42.0 Å². The lowest BCUT2D eigenvalue weighted by Gasteiger charge is -2.37. The predicted octanol–water partition coefficient (Wildman–Crippen LogP) is 2.41. The summed E-state index contributed by atoms with van der Waals surface area (Å²) in [6.45, 7) is 4.25. The zero-order valence-corrected chi connectivity index (χ0v) is 20.5. The molecule has 35 heavy (non-hydrogen) atoms. The van der Waals surface area contributed by atoms with Crippen LogP contribution in [0.25, 0.3) is 0 Å². The maximum absolute atomic E-state index is 14.3. The lowest BCUT2D eigenvalue weighted by molar-refractivity contribution is -0.156. The van der Waals surface area contributed by atoms with Gasteiger partial charge in [-0.05, 0) is 44.4 Å². The number of rotatable bonds is 5. The molecule has 0 saturated carbocycles. The number of nitrogens with zero attached hydrogens (tertiary/aromatic N) is 2. The number of para-hydroxylation sites is 1. The summed E-state index contributed by atoms with van der Waals surface area (Å²) in [5.74, 6) is -2.93. The third kappa shape index (κ3) is 3.53. The summed E-state index contributed by atoms with van der Waals surface area (Å²) >= 11 is 6.53. The molecule has 4 heterocycles. The quantitative estimate of drug-likeness (QED) is 0.379. The van der Waals surface area contributed by atoms with Gasteiger partial charge in [0.1, 0.15) is 24.2 Å². The van der Waals surface area contributed by atoms with Crippen LogP contribution in [0.1, 0.15) is 25.3 Å². The summed E-state index contributed by atoms with van der Waals surface area (Å²) < 4.78 is 12.0. The van der Waals surface area contributed by atoms with Gasteiger partial charge >= 0.3 is 5.97 Å². The largest absolute Gasteiger partial charge is 0.461 e. The lowest BCUT2D eigenvalue weighted by atomic mass is 9.75. The summed E-state index contributed by atoms with van der Waals surface area (Å²) in [5.41, 5.74) is -1.01. The Bertz CT molecular complexity index is 1110. The summed E-state index contributed by atoms with van der Waals surface area (Å²) in [6.07, 6.45) is 8.10. The van der Waals surface area contributed by atoms with Crippen LogP contribution in [0, 0.1) is 18.8 Å². The third-order valence-corrected chi connectivity index (χ3v) is 7.88.